The first-order chi connectivity index (χ1) is 23.4. The van der Waals surface area contributed by atoms with Crippen molar-refractivity contribution in [2.75, 3.05) is 57.0 Å². The monoisotopic (exact) mass is 677 g/mol. The van der Waals surface area contributed by atoms with Crippen LogP contribution in [0.15, 0.2) is 30.3 Å². The lowest BCUT2D eigenvalue weighted by Crippen LogP contribution is -2.54. The van der Waals surface area contributed by atoms with Crippen molar-refractivity contribution in [2.45, 2.75) is 44.2 Å². The summed E-state index contributed by atoms with van der Waals surface area (Å²) >= 11 is 0. The number of anilines is 2. The fourth-order valence-electron chi connectivity index (χ4n) is 6.67. The van der Waals surface area contributed by atoms with Crippen LogP contribution in [0.1, 0.15) is 63.2 Å². The van der Waals surface area contributed by atoms with Crippen LogP contribution >= 0.6 is 0 Å². The zero-order valence-corrected chi connectivity index (χ0v) is 26.8. The summed E-state index contributed by atoms with van der Waals surface area (Å²) in [6, 6.07) is 6.01. The summed E-state index contributed by atoms with van der Waals surface area (Å²) in [7, 11) is 1.38. The van der Waals surface area contributed by atoms with Crippen molar-refractivity contribution >= 4 is 52.7 Å². The first-order valence-corrected chi connectivity index (χ1v) is 16.0. The Morgan fingerprint density at radius 3 is 2.31 bits per heavy atom. The molecule has 0 spiro atoms. The summed E-state index contributed by atoms with van der Waals surface area (Å²) in [5.41, 5.74) is 6.26. The highest BCUT2D eigenvalue weighted by Crippen LogP contribution is 2.31. The maximum atomic E-state index is 14.5. The van der Waals surface area contributed by atoms with E-state index in [-0.39, 0.29) is 78.2 Å². The largest absolute Gasteiger partial charge is 0.497 e. The highest BCUT2D eigenvalue weighted by Gasteiger charge is 2.45. The molecule has 4 heterocycles. The number of piperidine rings is 1. The van der Waals surface area contributed by atoms with Gasteiger partial charge >= 0.3 is 0 Å². The van der Waals surface area contributed by atoms with E-state index in [0.717, 1.165) is 4.90 Å². The van der Waals surface area contributed by atoms with Gasteiger partial charge in [-0.05, 0) is 37.1 Å². The molecule has 3 saturated heterocycles. The summed E-state index contributed by atoms with van der Waals surface area (Å²) in [6.07, 6.45) is 0.616. The molecule has 2 atom stereocenters. The van der Waals surface area contributed by atoms with Gasteiger partial charge in [0.1, 0.15) is 11.8 Å². The maximum Gasteiger partial charge on any atom is 0.262 e. The van der Waals surface area contributed by atoms with Crippen molar-refractivity contribution in [3.8, 4) is 5.75 Å². The van der Waals surface area contributed by atoms with Crippen molar-refractivity contribution in [2.24, 2.45) is 0 Å². The number of likely N-dealkylation sites (tertiary alicyclic amines) is 1. The predicted molar refractivity (Wildman–Crippen MR) is 171 cm³/mol. The van der Waals surface area contributed by atoms with Gasteiger partial charge in [-0.15, -0.1) is 0 Å². The number of ether oxygens (including phenoxy) is 1. The number of carbonyl (C=O) groups excluding carboxylic acids is 7. The fourth-order valence-corrected chi connectivity index (χ4v) is 6.67. The van der Waals surface area contributed by atoms with Crippen LogP contribution in [-0.4, -0.2) is 115 Å². The predicted octanol–water partition coefficient (Wildman–Crippen LogP) is 0.277. The van der Waals surface area contributed by atoms with Gasteiger partial charge in [0.05, 0.1) is 29.5 Å². The molecule has 16 heteroatoms. The van der Waals surface area contributed by atoms with E-state index in [4.69, 9.17) is 10.5 Å². The molecule has 0 saturated carbocycles. The van der Waals surface area contributed by atoms with Crippen LogP contribution in [0.3, 0.4) is 0 Å². The van der Waals surface area contributed by atoms with Crippen LogP contribution in [0.25, 0.3) is 0 Å². The number of fused-ring (bicyclic) bond motifs is 1. The average Bonchev–Trinajstić information content (AvgIpc) is 3.66. The molecule has 4 N–H and O–H groups in total. The number of piperazine rings is 1. The zero-order chi connectivity index (χ0) is 35.0. The van der Waals surface area contributed by atoms with Gasteiger partial charge in [-0.3, -0.25) is 43.8 Å². The Morgan fingerprint density at radius 1 is 0.918 bits per heavy atom. The third kappa shape index (κ3) is 6.62. The Bertz CT molecular complexity index is 1760. The quantitative estimate of drug-likeness (QED) is 0.258. The number of nitrogen functional groups attached to an aromatic ring is 1. The Morgan fingerprint density at radius 2 is 1.61 bits per heavy atom. The number of nitrogens with one attached hydrogen (secondary N) is 2. The number of rotatable bonds is 8. The van der Waals surface area contributed by atoms with Gasteiger partial charge in [0.25, 0.3) is 17.7 Å². The van der Waals surface area contributed by atoms with E-state index in [1.807, 2.05) is 4.90 Å². The van der Waals surface area contributed by atoms with Crippen molar-refractivity contribution in [3.05, 3.63) is 52.8 Å². The molecule has 1 unspecified atom stereocenters. The summed E-state index contributed by atoms with van der Waals surface area (Å²) in [5, 5.41) is 4.93. The third-order valence-electron chi connectivity index (χ3n) is 9.40. The van der Waals surface area contributed by atoms with Crippen LogP contribution in [0.4, 0.5) is 15.8 Å². The van der Waals surface area contributed by atoms with Gasteiger partial charge in [0, 0.05) is 76.3 Å². The lowest BCUT2D eigenvalue weighted by atomic mass is 10.0. The molecule has 3 fully saturated rings. The van der Waals surface area contributed by atoms with Gasteiger partial charge in [0.15, 0.2) is 5.82 Å². The van der Waals surface area contributed by atoms with Crippen molar-refractivity contribution in [1.82, 2.24) is 25.3 Å². The van der Waals surface area contributed by atoms with Gasteiger partial charge in [-0.25, -0.2) is 4.39 Å². The minimum atomic E-state index is -1.04. The molecule has 0 radical (unpaired) electrons. The molecule has 15 nitrogen and oxygen atoms in total. The Balaban J connectivity index is 0.965. The molecule has 49 heavy (non-hydrogen) atoms. The van der Waals surface area contributed by atoms with Gasteiger partial charge in [0.2, 0.25) is 23.6 Å². The van der Waals surface area contributed by atoms with E-state index in [2.05, 4.69) is 10.6 Å². The Labute approximate surface area is 280 Å². The molecule has 7 amide bonds. The number of carbonyl (C=O) groups is 7. The third-order valence-corrected chi connectivity index (χ3v) is 9.40. The smallest absolute Gasteiger partial charge is 0.262 e. The fraction of sp³-hybridized carbons (Fsp3) is 0.424. The topological polar surface area (TPSA) is 192 Å². The number of imide groups is 2. The standard InChI is InChI=1S/C33H36FN7O8/c1-49-20-15-23(29(34)24(35)16-20)30(45)36-18-8-9-40(17-18)28(44)7-6-27(43)39-12-10-38(11-13-39)19-2-3-21-22(14-19)33(48)41(32(21)47)25-4-5-26(42)37-31(25)46/h2-3,14-16,18,25H,4-13,17,35H2,1H3,(H,36,45)(H,37,42,46)/t18-,25?/m0/s1. The number of hydrogen-bond acceptors (Lipinski definition) is 10. The number of nitrogens with two attached hydrogens (primary N) is 1. The number of hydrogen-bond donors (Lipinski definition) is 3. The number of amides is 7. The van der Waals surface area contributed by atoms with Gasteiger partial charge in [-0.1, -0.05) is 0 Å². The minimum Gasteiger partial charge on any atom is -0.497 e. The summed E-state index contributed by atoms with van der Waals surface area (Å²) in [5.74, 6) is -3.92. The second kappa shape index (κ2) is 13.5. The van der Waals surface area contributed by atoms with E-state index in [1.165, 1.54) is 19.2 Å². The number of nitrogens with zero attached hydrogens (tertiary/aromatic N) is 4. The van der Waals surface area contributed by atoms with E-state index in [0.29, 0.717) is 44.8 Å². The van der Waals surface area contributed by atoms with Gasteiger partial charge < -0.3 is 30.5 Å². The van der Waals surface area contributed by atoms with E-state index >= 15 is 0 Å². The Kier molecular flexibility index (Phi) is 9.21. The number of benzene rings is 2. The summed E-state index contributed by atoms with van der Waals surface area (Å²) in [4.78, 5) is 94.9. The normalized spacial score (nSPS) is 20.8. The number of halogens is 1. The first kappa shape index (κ1) is 33.4. The van der Waals surface area contributed by atoms with E-state index < -0.39 is 41.4 Å². The maximum absolute atomic E-state index is 14.5. The zero-order valence-electron chi connectivity index (χ0n) is 26.8. The molecule has 258 valence electrons. The van der Waals surface area contributed by atoms with Crippen molar-refractivity contribution in [3.63, 3.8) is 0 Å². The average molecular weight is 678 g/mol. The molecule has 2 aromatic carbocycles. The van der Waals surface area contributed by atoms with Crippen molar-refractivity contribution in [1.29, 1.82) is 0 Å². The Hall–Kier alpha value is -5.54. The highest BCUT2D eigenvalue weighted by molar-refractivity contribution is 6.23. The molecular formula is C33H36FN7O8. The molecule has 6 rings (SSSR count). The van der Waals surface area contributed by atoms with Crippen LogP contribution in [0.2, 0.25) is 0 Å². The van der Waals surface area contributed by atoms with Crippen LogP contribution < -0.4 is 26.0 Å². The number of methoxy groups -OCH3 is 1. The first-order valence-electron chi connectivity index (χ1n) is 16.0. The summed E-state index contributed by atoms with van der Waals surface area (Å²) in [6.45, 7) is 2.33. The van der Waals surface area contributed by atoms with Crippen LogP contribution in [0.5, 0.6) is 5.75 Å². The summed E-state index contributed by atoms with van der Waals surface area (Å²) < 4.78 is 19.5. The molecule has 0 aromatic heterocycles. The molecule has 4 aliphatic rings. The lowest BCUT2D eigenvalue weighted by Gasteiger charge is -2.36. The second-order valence-corrected chi connectivity index (χ2v) is 12.4. The van der Waals surface area contributed by atoms with E-state index in [9.17, 15) is 38.0 Å². The molecule has 4 aliphatic heterocycles. The SMILES string of the molecule is COc1cc(N)c(F)c(C(=O)N[C@H]2CCN(C(=O)CCC(=O)N3CCN(c4ccc5c(c4)C(=O)N(C4CCC(=O)NC4=O)C5=O)CC3)C2)c1. The molecular weight excluding hydrogens is 641 g/mol. The van der Waals surface area contributed by atoms with Crippen LogP contribution in [-0.2, 0) is 19.2 Å². The van der Waals surface area contributed by atoms with Gasteiger partial charge in [-0.2, -0.15) is 0 Å². The van der Waals surface area contributed by atoms with Crippen molar-refractivity contribution < 1.29 is 42.7 Å². The van der Waals surface area contributed by atoms with Crippen LogP contribution in [0, 0.1) is 5.82 Å². The molecule has 0 bridgehead atoms. The minimum absolute atomic E-state index is 0.00536. The highest BCUT2D eigenvalue weighted by atomic mass is 19.1. The second-order valence-electron chi connectivity index (χ2n) is 12.4. The lowest BCUT2D eigenvalue weighted by molar-refractivity contribution is -0.136. The van der Waals surface area contributed by atoms with E-state index in [1.54, 1.807) is 28.0 Å². The molecule has 0 aliphatic carbocycles. The molecule has 2 aromatic rings.